The van der Waals surface area contributed by atoms with Gasteiger partial charge in [-0.05, 0) is 18.8 Å². The normalized spacial score (nSPS) is 13.6. The van der Waals surface area contributed by atoms with Crippen LogP contribution in [0.2, 0.25) is 0 Å². The van der Waals surface area contributed by atoms with Crippen molar-refractivity contribution in [2.45, 2.75) is 20.0 Å². The summed E-state index contributed by atoms with van der Waals surface area (Å²) in [6.07, 6.45) is -0.558. The number of fused-ring (bicyclic) bond motifs is 1. The molecule has 1 aliphatic heterocycles. The summed E-state index contributed by atoms with van der Waals surface area (Å²) in [5, 5.41) is 3.53. The van der Waals surface area contributed by atoms with Crippen molar-refractivity contribution in [3.8, 4) is 0 Å². The Bertz CT molecular complexity index is 857. The van der Waals surface area contributed by atoms with Crippen LogP contribution in [0, 0.1) is 0 Å². The number of rotatable bonds is 4. The van der Waals surface area contributed by atoms with Crippen molar-refractivity contribution in [1.29, 1.82) is 0 Å². The standard InChI is InChI=1S/C17H18N4O4S.3ClH.Fe/c1-3-24-16(22)19-21(17(23)25-4-2)14-13(12-8-6-5-7-9-12)18-15-20(14)10-11-26-15;;;;/h5-11,14H,3-4H2,1-2H3;3*1H;/q;;;;+3/p-3. The van der Waals surface area contributed by atoms with Crippen molar-refractivity contribution >= 4 is 54.6 Å². The number of hydrogen-bond acceptors (Lipinski definition) is 6. The number of benzene rings is 1. The first-order valence-electron chi connectivity index (χ1n) is 8.39. The van der Waals surface area contributed by atoms with Crippen molar-refractivity contribution in [2.75, 3.05) is 13.2 Å². The first kappa shape index (κ1) is 26.5. The molecule has 30 heavy (non-hydrogen) atoms. The number of carbonyl (C=O) groups excluding carboxylic acids is 2. The van der Waals surface area contributed by atoms with E-state index in [9.17, 15) is 9.59 Å². The molecule has 0 aliphatic carbocycles. The SMILES string of the molecule is CCOC(=O)[N-]N(C(=O)OCC)C1C(c2ccccc2)=Nc2scc[n+]21.[Cl-].[Cl][Fe+][Cl]. The van der Waals surface area contributed by atoms with Gasteiger partial charge in [0, 0.05) is 10.9 Å². The zero-order valence-corrected chi connectivity index (χ0v) is 20.0. The molecule has 2 heterocycles. The molecule has 13 heteroatoms. The molecule has 0 spiro atoms. The maximum absolute atomic E-state index is 12.5. The Kier molecular flexibility index (Phi) is 12.1. The second-order valence-electron chi connectivity index (χ2n) is 5.22. The van der Waals surface area contributed by atoms with Gasteiger partial charge in [-0.1, -0.05) is 41.7 Å². The zero-order chi connectivity index (χ0) is 21.2. The topological polar surface area (TPSA) is 86.2 Å². The van der Waals surface area contributed by atoms with Gasteiger partial charge in [-0.3, -0.25) is 4.79 Å². The zero-order valence-electron chi connectivity index (χ0n) is 15.9. The van der Waals surface area contributed by atoms with Crippen LogP contribution in [0.5, 0.6) is 0 Å². The van der Waals surface area contributed by atoms with Gasteiger partial charge >= 0.3 is 44.6 Å². The van der Waals surface area contributed by atoms with Gasteiger partial charge in [-0.25, -0.2) is 4.79 Å². The molecule has 0 radical (unpaired) electrons. The summed E-state index contributed by atoms with van der Waals surface area (Å²) in [6.45, 7) is 3.66. The monoisotopic (exact) mass is 535 g/mol. The van der Waals surface area contributed by atoms with Gasteiger partial charge < -0.3 is 32.3 Å². The van der Waals surface area contributed by atoms with E-state index in [0.29, 0.717) is 10.8 Å². The van der Waals surface area contributed by atoms with Gasteiger partial charge in [-0.2, -0.15) is 4.57 Å². The number of amides is 2. The molecule has 1 aromatic heterocycles. The van der Waals surface area contributed by atoms with Crippen molar-refractivity contribution < 1.29 is 49.2 Å². The quantitative estimate of drug-likeness (QED) is 0.340. The molecule has 0 fully saturated rings. The van der Waals surface area contributed by atoms with Crippen LogP contribution in [0.4, 0.5) is 14.7 Å². The maximum atomic E-state index is 12.5. The Morgan fingerprint density at radius 3 is 2.47 bits per heavy atom. The Labute approximate surface area is 199 Å². The van der Waals surface area contributed by atoms with E-state index in [1.807, 2.05) is 35.7 Å². The van der Waals surface area contributed by atoms with Crippen LogP contribution < -0.4 is 17.0 Å². The summed E-state index contributed by atoms with van der Waals surface area (Å²) in [5.74, 6) is 0. The predicted octanol–water partition coefficient (Wildman–Crippen LogP) is 1.95. The second-order valence-corrected chi connectivity index (χ2v) is 7.92. The van der Waals surface area contributed by atoms with Crippen molar-refractivity contribution in [1.82, 2.24) is 5.01 Å². The molecular weight excluding hydrogens is 518 g/mol. The van der Waals surface area contributed by atoms with Crippen LogP contribution in [0.15, 0.2) is 46.9 Å². The molecule has 0 bridgehead atoms. The number of halogens is 3. The van der Waals surface area contributed by atoms with Crippen LogP contribution in [0.25, 0.3) is 5.43 Å². The number of ether oxygens (including phenoxy) is 2. The van der Waals surface area contributed by atoms with Gasteiger partial charge in [0.15, 0.2) is 0 Å². The molecule has 0 saturated heterocycles. The minimum atomic E-state index is -0.864. The molecule has 8 nitrogen and oxygen atoms in total. The number of aliphatic imine (C=N–C) groups is 1. The van der Waals surface area contributed by atoms with Crippen molar-refractivity contribution in [3.63, 3.8) is 0 Å². The van der Waals surface area contributed by atoms with Gasteiger partial charge in [0.05, 0.1) is 13.2 Å². The molecule has 1 aliphatic rings. The van der Waals surface area contributed by atoms with Gasteiger partial charge in [0.1, 0.15) is 6.20 Å². The van der Waals surface area contributed by atoms with E-state index in [4.69, 9.17) is 29.7 Å². The third-order valence-corrected chi connectivity index (χ3v) is 4.32. The molecule has 165 valence electrons. The fourth-order valence-corrected chi connectivity index (χ4v) is 3.27. The predicted molar refractivity (Wildman–Crippen MR) is 107 cm³/mol. The van der Waals surface area contributed by atoms with Crippen LogP contribution in [-0.2, 0) is 22.6 Å². The third-order valence-electron chi connectivity index (χ3n) is 3.55. The number of carbonyl (C=O) groups is 2. The Morgan fingerprint density at radius 1 is 1.23 bits per heavy atom. The molecule has 2 amide bonds. The van der Waals surface area contributed by atoms with E-state index < -0.39 is 18.4 Å². The van der Waals surface area contributed by atoms with Gasteiger partial charge in [0.2, 0.25) is 18.0 Å². The number of aromatic nitrogens is 1. The van der Waals surface area contributed by atoms with E-state index >= 15 is 0 Å². The van der Waals surface area contributed by atoms with E-state index in [1.54, 1.807) is 24.6 Å². The van der Waals surface area contributed by atoms with E-state index in [2.05, 4.69) is 10.4 Å². The summed E-state index contributed by atoms with van der Waals surface area (Å²) in [6, 6.07) is 9.42. The fourth-order valence-electron chi connectivity index (χ4n) is 2.53. The van der Waals surface area contributed by atoms with Crippen molar-refractivity contribution in [3.05, 3.63) is 52.9 Å². The number of nitrogens with zero attached hydrogens (tertiary/aromatic N) is 4. The Hall–Kier alpha value is -1.55. The molecule has 3 rings (SSSR count). The van der Waals surface area contributed by atoms with Gasteiger partial charge in [0.25, 0.3) is 0 Å². The number of thiazole rings is 1. The minimum absolute atomic E-state index is 0. The van der Waals surface area contributed by atoms with Crippen LogP contribution in [0.1, 0.15) is 25.6 Å². The molecule has 0 N–H and O–H groups in total. The summed E-state index contributed by atoms with van der Waals surface area (Å²) >= 11 is 1.62. The number of hydrogen-bond donors (Lipinski definition) is 0. The van der Waals surface area contributed by atoms with E-state index in [1.165, 1.54) is 11.3 Å². The average Bonchev–Trinajstić information content (AvgIpc) is 3.29. The fraction of sp³-hybridized carbons (Fsp3) is 0.294. The van der Waals surface area contributed by atoms with Crippen LogP contribution in [-0.4, -0.2) is 36.1 Å². The molecule has 1 aromatic carbocycles. The summed E-state index contributed by atoms with van der Waals surface area (Å²) < 4.78 is 11.7. The molecular formula is C17H18Cl3FeN4O4S. The second kappa shape index (κ2) is 13.7. The Morgan fingerprint density at radius 2 is 1.87 bits per heavy atom. The molecule has 0 saturated carbocycles. The van der Waals surface area contributed by atoms with E-state index in [-0.39, 0.29) is 38.8 Å². The van der Waals surface area contributed by atoms with Crippen molar-refractivity contribution in [2.24, 2.45) is 4.99 Å². The van der Waals surface area contributed by atoms with Crippen LogP contribution >= 0.6 is 31.5 Å². The van der Waals surface area contributed by atoms with Gasteiger partial charge in [-0.15, -0.1) is 0 Å². The summed E-state index contributed by atoms with van der Waals surface area (Å²) in [7, 11) is 9.53. The Balaban J connectivity index is 0.00000106. The van der Waals surface area contributed by atoms with Crippen LogP contribution in [0.3, 0.4) is 0 Å². The molecule has 1 unspecified atom stereocenters. The third kappa shape index (κ3) is 6.73. The summed E-state index contributed by atoms with van der Waals surface area (Å²) in [4.78, 5) is 29.1. The molecule has 1 atom stereocenters. The first-order valence-corrected chi connectivity index (χ1v) is 12.3. The van der Waals surface area contributed by atoms with E-state index in [0.717, 1.165) is 10.6 Å². The average molecular weight is 537 g/mol. The summed E-state index contributed by atoms with van der Waals surface area (Å²) in [5.41, 5.74) is 5.24. The first-order chi connectivity index (χ1) is 14.1. The molecule has 2 aromatic rings.